The third-order valence-corrected chi connectivity index (χ3v) is 12.0. The van der Waals surface area contributed by atoms with Gasteiger partial charge in [-0.15, -0.1) is 0 Å². The number of unbranched alkanes of at least 4 members (excludes halogenated alkanes) is 1. The van der Waals surface area contributed by atoms with Gasteiger partial charge in [0.15, 0.2) is 0 Å². The van der Waals surface area contributed by atoms with Crippen LogP contribution in [-0.4, -0.2) is 123 Å². The quantitative estimate of drug-likeness (QED) is 0.0285. The summed E-state index contributed by atoms with van der Waals surface area (Å²) < 4.78 is 0. The van der Waals surface area contributed by atoms with E-state index in [0.29, 0.717) is 41.8 Å². The Morgan fingerprint density at radius 3 is 1.61 bits per heavy atom. The number of aromatic nitrogens is 4. The molecule has 16 N–H and O–H groups in total. The second-order valence-corrected chi connectivity index (χ2v) is 17.4. The molecule has 0 aliphatic carbocycles. The van der Waals surface area contributed by atoms with Crippen LogP contribution in [0.3, 0.4) is 0 Å². The lowest BCUT2D eigenvalue weighted by Gasteiger charge is -2.27. The molecular formula is C50H62N14O8. The van der Waals surface area contributed by atoms with Gasteiger partial charge in [-0.2, -0.15) is 0 Å². The van der Waals surface area contributed by atoms with Crippen LogP contribution in [0.5, 0.6) is 0 Å². The lowest BCUT2D eigenvalue weighted by molar-refractivity contribution is -0.135. The maximum Gasteiger partial charge on any atom is 0.243 e. The summed E-state index contributed by atoms with van der Waals surface area (Å²) in [4.78, 5) is 122. The second-order valence-electron chi connectivity index (χ2n) is 17.4. The van der Waals surface area contributed by atoms with Gasteiger partial charge >= 0.3 is 0 Å². The maximum absolute atomic E-state index is 14.6. The highest BCUT2D eigenvalue weighted by Gasteiger charge is 2.33. The molecule has 0 fully saturated rings. The van der Waals surface area contributed by atoms with E-state index in [1.54, 1.807) is 42.7 Å². The number of nitrogens with two attached hydrogens (primary N) is 3. The van der Waals surface area contributed by atoms with Crippen LogP contribution in [0.4, 0.5) is 0 Å². The maximum atomic E-state index is 14.6. The Balaban J connectivity index is 1.24. The smallest absolute Gasteiger partial charge is 0.243 e. The van der Waals surface area contributed by atoms with E-state index in [1.807, 2.05) is 48.5 Å². The van der Waals surface area contributed by atoms with E-state index in [9.17, 15) is 38.4 Å². The Hall–Kier alpha value is -8.37. The van der Waals surface area contributed by atoms with Crippen LogP contribution in [0, 0.1) is 0 Å². The molecule has 72 heavy (non-hydrogen) atoms. The summed E-state index contributed by atoms with van der Waals surface area (Å²) in [7, 11) is 0. The molecule has 0 saturated heterocycles. The number of rotatable bonds is 27. The lowest BCUT2D eigenvalue weighted by atomic mass is 10.0. The average Bonchev–Trinajstić information content (AvgIpc) is 4.15. The number of hydrogen-bond acceptors (Lipinski definition) is 11. The third kappa shape index (κ3) is 15.1. The normalized spacial score (nSPS) is 13.7. The van der Waals surface area contributed by atoms with Gasteiger partial charge < -0.3 is 69.4 Å². The topological polar surface area (TPSA) is 359 Å². The van der Waals surface area contributed by atoms with Crippen LogP contribution in [0.15, 0.2) is 104 Å². The van der Waals surface area contributed by atoms with Crippen molar-refractivity contribution in [1.82, 2.24) is 57.2 Å². The summed E-state index contributed by atoms with van der Waals surface area (Å²) >= 11 is 0. The molecule has 6 rings (SSSR count). The zero-order chi connectivity index (χ0) is 51.6. The Morgan fingerprint density at radius 2 is 1.07 bits per heavy atom. The van der Waals surface area contributed by atoms with E-state index >= 15 is 0 Å². The number of imidazole rings is 1. The van der Waals surface area contributed by atoms with Crippen molar-refractivity contribution >= 4 is 69.1 Å². The summed E-state index contributed by atoms with van der Waals surface area (Å²) in [6.45, 7) is 0.972. The minimum absolute atomic E-state index is 0.0215. The third-order valence-electron chi connectivity index (χ3n) is 12.0. The molecule has 3 aromatic heterocycles. The number of hydrogen-bond donors (Lipinski definition) is 13. The van der Waals surface area contributed by atoms with Crippen molar-refractivity contribution in [2.45, 2.75) is 88.1 Å². The molecule has 8 amide bonds. The lowest BCUT2D eigenvalue weighted by Crippen LogP contribution is -2.60. The summed E-state index contributed by atoms with van der Waals surface area (Å²) in [6.07, 6.45) is 7.47. The van der Waals surface area contributed by atoms with E-state index in [2.05, 4.69) is 57.2 Å². The Morgan fingerprint density at radius 1 is 0.556 bits per heavy atom. The Kier molecular flexibility index (Phi) is 19.1. The predicted molar refractivity (Wildman–Crippen MR) is 268 cm³/mol. The number of aromatic amines is 3. The highest BCUT2D eigenvalue weighted by molar-refractivity contribution is 5.98. The van der Waals surface area contributed by atoms with Gasteiger partial charge in [-0.05, 0) is 61.6 Å². The summed E-state index contributed by atoms with van der Waals surface area (Å²) in [5, 5.41) is 20.2. The number of amides is 8. The molecule has 0 aliphatic heterocycles. The number of nitrogens with zero attached hydrogens (tertiary/aromatic N) is 1. The van der Waals surface area contributed by atoms with Crippen LogP contribution in [0.2, 0.25) is 0 Å². The molecule has 0 radical (unpaired) electrons. The van der Waals surface area contributed by atoms with E-state index < -0.39 is 90.1 Å². The molecule has 0 spiro atoms. The van der Waals surface area contributed by atoms with E-state index in [1.165, 1.54) is 19.4 Å². The molecule has 0 unspecified atom stereocenters. The molecule has 22 nitrogen and oxygen atoms in total. The number of carbonyl (C=O) groups excluding carboxylic acids is 8. The van der Waals surface area contributed by atoms with Gasteiger partial charge in [0.05, 0.1) is 19.4 Å². The van der Waals surface area contributed by atoms with Crippen molar-refractivity contribution < 1.29 is 38.4 Å². The molecule has 0 bridgehead atoms. The zero-order valence-electron chi connectivity index (χ0n) is 39.8. The van der Waals surface area contributed by atoms with Gasteiger partial charge in [-0.3, -0.25) is 38.4 Å². The molecule has 380 valence electrons. The van der Waals surface area contributed by atoms with Gasteiger partial charge in [0.1, 0.15) is 36.3 Å². The van der Waals surface area contributed by atoms with Crippen molar-refractivity contribution in [3.8, 4) is 0 Å². The van der Waals surface area contributed by atoms with Gasteiger partial charge in [-0.25, -0.2) is 4.98 Å². The Bertz CT molecular complexity index is 2810. The first-order chi connectivity index (χ1) is 34.7. The van der Waals surface area contributed by atoms with Crippen molar-refractivity contribution in [3.05, 3.63) is 126 Å². The molecule has 3 aromatic carbocycles. The van der Waals surface area contributed by atoms with Gasteiger partial charge in [-0.1, -0.05) is 66.7 Å². The van der Waals surface area contributed by atoms with Crippen LogP contribution in [0.25, 0.3) is 21.8 Å². The van der Waals surface area contributed by atoms with E-state index in [4.69, 9.17) is 17.2 Å². The van der Waals surface area contributed by atoms with Crippen molar-refractivity contribution in [3.63, 3.8) is 0 Å². The molecule has 0 aliphatic rings. The minimum Gasteiger partial charge on any atom is -0.368 e. The summed E-state index contributed by atoms with van der Waals surface area (Å²) in [5.41, 5.74) is 20.7. The van der Waals surface area contributed by atoms with E-state index in [-0.39, 0.29) is 38.6 Å². The number of benzene rings is 3. The fraction of sp³-hybridized carbons (Fsp3) is 0.340. The van der Waals surface area contributed by atoms with Crippen LogP contribution in [0.1, 0.15) is 48.6 Å². The minimum atomic E-state index is -1.33. The second kappa shape index (κ2) is 26.0. The van der Waals surface area contributed by atoms with Crippen LogP contribution >= 0.6 is 0 Å². The fourth-order valence-corrected chi connectivity index (χ4v) is 8.11. The zero-order valence-corrected chi connectivity index (χ0v) is 39.8. The first kappa shape index (κ1) is 53.0. The van der Waals surface area contributed by atoms with Crippen molar-refractivity contribution in [2.24, 2.45) is 17.2 Å². The highest BCUT2D eigenvalue weighted by atomic mass is 16.2. The summed E-state index contributed by atoms with van der Waals surface area (Å²) in [6, 6.07) is 16.2. The monoisotopic (exact) mass is 986 g/mol. The molecule has 3 heterocycles. The van der Waals surface area contributed by atoms with Crippen molar-refractivity contribution in [1.29, 1.82) is 0 Å². The molecule has 6 aromatic rings. The van der Waals surface area contributed by atoms with E-state index in [0.717, 1.165) is 21.8 Å². The fourth-order valence-electron chi connectivity index (χ4n) is 8.11. The number of carbonyl (C=O) groups is 8. The average molecular weight is 987 g/mol. The number of primary amides is 1. The Labute approximate surface area is 414 Å². The number of H-pyrrole nitrogens is 3. The standard InChI is InChI=1S/C50H62N14O8/c1-29(59-47(69)40(20-31-24-55-36-15-7-5-13-34(31)36)64-50(72)42(22-33-26-54-28-58-33)60-44(66)27-57-43(65)23-52)46(68)62-41(21-32-25-56-37-16-8-6-14-35(32)37)49(71)63-39(19-30-11-3-2-4-12-30)48(70)61-38(45(53)67)17-9-10-18-51/h2-8,11-16,24-26,28-29,38-42,55-56H,9-10,17-23,27,51-52H2,1H3,(H2,53,67)(H,54,58)(H,57,65)(H,59,69)(H,60,66)(H,61,70)(H,62,68)(H,63,71)(H,64,72)/t29-,38-,39+,40+,41-,42-/m0/s1. The number of fused-ring (bicyclic) bond motifs is 2. The number of para-hydroxylation sites is 2. The molecular weight excluding hydrogens is 925 g/mol. The largest absolute Gasteiger partial charge is 0.368 e. The van der Waals surface area contributed by atoms with Gasteiger partial charge in [0.25, 0.3) is 0 Å². The van der Waals surface area contributed by atoms with Gasteiger partial charge in [0.2, 0.25) is 47.3 Å². The number of nitrogens with one attached hydrogen (secondary N) is 10. The van der Waals surface area contributed by atoms with Gasteiger partial charge in [0, 0.05) is 71.8 Å². The molecule has 0 saturated carbocycles. The molecule has 6 atom stereocenters. The highest BCUT2D eigenvalue weighted by Crippen LogP contribution is 2.21. The predicted octanol–water partition coefficient (Wildman–Crippen LogP) is -0.739. The van der Waals surface area contributed by atoms with Crippen LogP contribution < -0.4 is 54.4 Å². The SMILES string of the molecule is C[C@H](NC(=O)[C@@H](Cc1c[nH]c2ccccc12)NC(=O)[C@H](Cc1cnc[nH]1)NC(=O)CNC(=O)CN)C(=O)N[C@@H](Cc1c[nH]c2ccccc12)C(=O)N[C@H](Cc1ccccc1)C(=O)N[C@@H](CCCCN)C(N)=O. The first-order valence-corrected chi connectivity index (χ1v) is 23.6. The first-order valence-electron chi connectivity index (χ1n) is 23.6. The van der Waals surface area contributed by atoms with Crippen LogP contribution in [-0.2, 0) is 64.0 Å². The summed E-state index contributed by atoms with van der Waals surface area (Å²) in [5.74, 6) is -5.76. The van der Waals surface area contributed by atoms with Crippen molar-refractivity contribution in [2.75, 3.05) is 19.6 Å². The molecule has 22 heteroatoms.